The number of nitrogens with one attached hydrogen (secondary N) is 1. The number of carbonyl (C=O) groups excluding carboxylic acids is 1. The van der Waals surface area contributed by atoms with Gasteiger partial charge in [-0.2, -0.15) is 5.10 Å². The lowest BCUT2D eigenvalue weighted by molar-refractivity contribution is -0.123. The van der Waals surface area contributed by atoms with Gasteiger partial charge < -0.3 is 9.15 Å². The molecule has 2 aromatic carbocycles. The van der Waals surface area contributed by atoms with E-state index in [1.807, 2.05) is 0 Å². The van der Waals surface area contributed by atoms with Crippen LogP contribution in [0.5, 0.6) is 5.75 Å². The van der Waals surface area contributed by atoms with Gasteiger partial charge in [0.05, 0.1) is 22.2 Å². The molecule has 6 nitrogen and oxygen atoms in total. The van der Waals surface area contributed by atoms with E-state index in [-0.39, 0.29) is 17.6 Å². The number of nitrogens with zero attached hydrogens (tertiary/aromatic N) is 1. The molecule has 0 aliphatic rings. The first-order valence-electron chi connectivity index (χ1n) is 7.35. The Balaban J connectivity index is 1.61. The molecule has 3 rings (SSSR count). The van der Waals surface area contributed by atoms with Crippen molar-refractivity contribution in [3.05, 3.63) is 75.6 Å². The second-order valence-corrected chi connectivity index (χ2v) is 5.44. The first-order chi connectivity index (χ1) is 12.1. The van der Waals surface area contributed by atoms with Crippen molar-refractivity contribution < 1.29 is 13.9 Å². The van der Waals surface area contributed by atoms with Crippen LogP contribution in [-0.2, 0) is 4.79 Å². The van der Waals surface area contributed by atoms with E-state index in [0.29, 0.717) is 21.7 Å². The van der Waals surface area contributed by atoms with E-state index in [1.165, 1.54) is 12.5 Å². The van der Waals surface area contributed by atoms with Crippen LogP contribution in [0.25, 0.3) is 11.0 Å². The summed E-state index contributed by atoms with van der Waals surface area (Å²) in [6.45, 7) is -0.257. The van der Waals surface area contributed by atoms with Crippen LogP contribution >= 0.6 is 11.6 Å². The Bertz CT molecular complexity index is 998. The van der Waals surface area contributed by atoms with Gasteiger partial charge in [0.25, 0.3) is 5.91 Å². The van der Waals surface area contributed by atoms with Gasteiger partial charge in [0.15, 0.2) is 6.61 Å². The van der Waals surface area contributed by atoms with Gasteiger partial charge in [-0.1, -0.05) is 35.9 Å². The number of carbonyl (C=O) groups is 1. The van der Waals surface area contributed by atoms with Crippen molar-refractivity contribution in [3.8, 4) is 5.75 Å². The molecular weight excluding hydrogens is 344 g/mol. The van der Waals surface area contributed by atoms with Crippen molar-refractivity contribution in [2.24, 2.45) is 5.10 Å². The number of para-hydroxylation sites is 2. The molecule has 1 heterocycles. The maximum Gasteiger partial charge on any atom is 0.277 e. The van der Waals surface area contributed by atoms with E-state index < -0.39 is 5.91 Å². The maximum absolute atomic E-state index is 12.2. The summed E-state index contributed by atoms with van der Waals surface area (Å²) < 4.78 is 10.6. The van der Waals surface area contributed by atoms with Gasteiger partial charge in [0, 0.05) is 0 Å². The molecule has 0 radical (unpaired) electrons. The van der Waals surface area contributed by atoms with E-state index in [2.05, 4.69) is 10.5 Å². The fourth-order valence-corrected chi connectivity index (χ4v) is 2.28. The van der Waals surface area contributed by atoms with Crippen LogP contribution in [0.1, 0.15) is 5.56 Å². The minimum atomic E-state index is -0.485. The zero-order chi connectivity index (χ0) is 17.6. The quantitative estimate of drug-likeness (QED) is 0.563. The van der Waals surface area contributed by atoms with Crippen molar-refractivity contribution >= 4 is 34.7 Å². The van der Waals surface area contributed by atoms with Crippen molar-refractivity contribution in [2.75, 3.05) is 6.61 Å². The zero-order valence-corrected chi connectivity index (χ0v) is 13.7. The minimum Gasteiger partial charge on any atom is -0.482 e. The van der Waals surface area contributed by atoms with Gasteiger partial charge in [0.2, 0.25) is 5.43 Å². The van der Waals surface area contributed by atoms with Crippen molar-refractivity contribution in [2.45, 2.75) is 0 Å². The average molecular weight is 357 g/mol. The van der Waals surface area contributed by atoms with Crippen LogP contribution in [0.4, 0.5) is 0 Å². The number of ether oxygens (including phenoxy) is 1. The van der Waals surface area contributed by atoms with E-state index >= 15 is 0 Å². The number of rotatable bonds is 5. The highest BCUT2D eigenvalue weighted by Gasteiger charge is 2.06. The summed E-state index contributed by atoms with van der Waals surface area (Å²) in [5.41, 5.74) is 2.76. The molecule has 1 N–H and O–H groups in total. The summed E-state index contributed by atoms with van der Waals surface area (Å²) in [7, 11) is 0. The lowest BCUT2D eigenvalue weighted by Crippen LogP contribution is -2.25. The SMILES string of the molecule is O=C(COc1ccccc1Cl)N/N=C\c1coc2ccccc2c1=O. The van der Waals surface area contributed by atoms with E-state index in [0.717, 1.165) is 0 Å². The third kappa shape index (κ3) is 4.05. The molecule has 0 unspecified atom stereocenters. The monoisotopic (exact) mass is 356 g/mol. The standard InChI is InChI=1S/C18H13ClN2O4/c19-14-6-2-4-8-16(14)25-11-17(22)21-20-9-12-10-24-15-7-3-1-5-13(15)18(12)23/h1-10H,11H2,(H,21,22)/b20-9-. The normalized spacial score (nSPS) is 10.9. The lowest BCUT2D eigenvalue weighted by atomic mass is 10.2. The molecule has 126 valence electrons. The number of hydrazone groups is 1. The van der Waals surface area contributed by atoms with Crippen LogP contribution in [-0.4, -0.2) is 18.7 Å². The number of hydrogen-bond acceptors (Lipinski definition) is 5. The molecule has 7 heteroatoms. The zero-order valence-electron chi connectivity index (χ0n) is 12.9. The van der Waals surface area contributed by atoms with Gasteiger partial charge in [0.1, 0.15) is 17.6 Å². The van der Waals surface area contributed by atoms with Gasteiger partial charge in [-0.3, -0.25) is 9.59 Å². The molecule has 25 heavy (non-hydrogen) atoms. The summed E-state index contributed by atoms with van der Waals surface area (Å²) in [4.78, 5) is 24.0. The van der Waals surface area contributed by atoms with Gasteiger partial charge in [-0.05, 0) is 24.3 Å². The van der Waals surface area contributed by atoms with Crippen LogP contribution in [0.3, 0.4) is 0 Å². The molecule has 0 aliphatic carbocycles. The smallest absolute Gasteiger partial charge is 0.277 e. The van der Waals surface area contributed by atoms with E-state index in [1.54, 1.807) is 48.5 Å². The summed E-state index contributed by atoms with van der Waals surface area (Å²) in [5, 5.41) is 4.60. The summed E-state index contributed by atoms with van der Waals surface area (Å²) >= 11 is 5.93. The number of halogens is 1. The third-order valence-corrected chi connectivity index (χ3v) is 3.61. The summed E-state index contributed by atoms with van der Waals surface area (Å²) in [5.74, 6) is -0.0835. The highest BCUT2D eigenvalue weighted by atomic mass is 35.5. The number of benzene rings is 2. The fourth-order valence-electron chi connectivity index (χ4n) is 2.09. The highest BCUT2D eigenvalue weighted by molar-refractivity contribution is 6.32. The van der Waals surface area contributed by atoms with Crippen LogP contribution < -0.4 is 15.6 Å². The first-order valence-corrected chi connectivity index (χ1v) is 7.73. The number of fused-ring (bicyclic) bond motifs is 1. The van der Waals surface area contributed by atoms with Crippen LogP contribution in [0.15, 0.2) is 69.1 Å². The van der Waals surface area contributed by atoms with Crippen molar-refractivity contribution in [1.29, 1.82) is 0 Å². The second-order valence-electron chi connectivity index (χ2n) is 5.03. The van der Waals surface area contributed by atoms with Crippen LogP contribution in [0, 0.1) is 0 Å². The van der Waals surface area contributed by atoms with E-state index in [9.17, 15) is 9.59 Å². The average Bonchev–Trinajstić information content (AvgIpc) is 2.63. The van der Waals surface area contributed by atoms with Gasteiger partial charge in [-0.25, -0.2) is 5.43 Å². The van der Waals surface area contributed by atoms with Gasteiger partial charge in [-0.15, -0.1) is 0 Å². The maximum atomic E-state index is 12.2. The Morgan fingerprint density at radius 1 is 1.20 bits per heavy atom. The highest BCUT2D eigenvalue weighted by Crippen LogP contribution is 2.22. The molecule has 0 fully saturated rings. The Hall–Kier alpha value is -3.12. The lowest BCUT2D eigenvalue weighted by Gasteiger charge is -2.06. The molecule has 0 atom stereocenters. The minimum absolute atomic E-state index is 0.228. The Morgan fingerprint density at radius 2 is 1.96 bits per heavy atom. The van der Waals surface area contributed by atoms with E-state index in [4.69, 9.17) is 20.8 Å². The Morgan fingerprint density at radius 3 is 2.80 bits per heavy atom. The molecule has 3 aromatic rings. The van der Waals surface area contributed by atoms with Crippen LogP contribution in [0.2, 0.25) is 5.02 Å². The largest absolute Gasteiger partial charge is 0.482 e. The molecule has 1 aromatic heterocycles. The predicted molar refractivity (Wildman–Crippen MR) is 95.2 cm³/mol. The molecular formula is C18H13ClN2O4. The Kier molecular flexibility index (Phi) is 5.11. The molecule has 0 spiro atoms. The summed E-state index contributed by atoms with van der Waals surface area (Å²) in [6.07, 6.45) is 2.52. The molecule has 0 aliphatic heterocycles. The third-order valence-electron chi connectivity index (χ3n) is 3.30. The topological polar surface area (TPSA) is 80.9 Å². The molecule has 1 amide bonds. The number of amides is 1. The van der Waals surface area contributed by atoms with Gasteiger partial charge >= 0.3 is 0 Å². The van der Waals surface area contributed by atoms with Crippen molar-refractivity contribution in [1.82, 2.24) is 5.43 Å². The molecule has 0 bridgehead atoms. The predicted octanol–water partition coefficient (Wildman–Crippen LogP) is 2.98. The number of hydrogen-bond donors (Lipinski definition) is 1. The van der Waals surface area contributed by atoms with Crippen molar-refractivity contribution in [3.63, 3.8) is 0 Å². The molecule has 0 saturated heterocycles. The second kappa shape index (κ2) is 7.63. The first kappa shape index (κ1) is 16.7. The fraction of sp³-hybridized carbons (Fsp3) is 0.0556. The molecule has 0 saturated carbocycles. The Labute approximate surface area is 147 Å². The summed E-state index contributed by atoms with van der Waals surface area (Å²) in [6, 6.07) is 13.7.